The zero-order valence-electron chi connectivity index (χ0n) is 13.3. The van der Waals surface area contributed by atoms with Crippen molar-refractivity contribution in [2.24, 2.45) is 17.8 Å². The third-order valence-corrected chi connectivity index (χ3v) is 5.94. The first-order valence-electron chi connectivity index (χ1n) is 8.58. The minimum atomic E-state index is 0.116. The molecule has 1 aromatic carbocycles. The van der Waals surface area contributed by atoms with Crippen LogP contribution in [-0.2, 0) is 11.2 Å². The van der Waals surface area contributed by atoms with E-state index in [1.807, 2.05) is 24.3 Å². The third kappa shape index (κ3) is 2.62. The molecule has 0 radical (unpaired) electrons. The number of carbonyl (C=O) groups is 1. The van der Waals surface area contributed by atoms with E-state index in [2.05, 4.69) is 5.32 Å². The molecule has 4 saturated carbocycles. The molecule has 0 spiro atoms. The van der Waals surface area contributed by atoms with Gasteiger partial charge >= 0.3 is 0 Å². The van der Waals surface area contributed by atoms with Crippen molar-refractivity contribution < 1.29 is 9.53 Å². The van der Waals surface area contributed by atoms with Crippen LogP contribution < -0.4 is 10.1 Å². The summed E-state index contributed by atoms with van der Waals surface area (Å²) in [5.74, 6) is 3.59. The Hall–Kier alpha value is -1.51. The average Bonchev–Trinajstić information content (AvgIpc) is 2.45. The van der Waals surface area contributed by atoms with Gasteiger partial charge in [-0.15, -0.1) is 0 Å². The number of ether oxygens (including phenoxy) is 1. The summed E-state index contributed by atoms with van der Waals surface area (Å²) < 4.78 is 5.24. The Morgan fingerprint density at radius 3 is 2.41 bits per heavy atom. The minimum absolute atomic E-state index is 0.116. The monoisotopic (exact) mass is 299 g/mol. The predicted molar refractivity (Wildman–Crippen MR) is 85.7 cm³/mol. The van der Waals surface area contributed by atoms with Crippen LogP contribution in [0.2, 0.25) is 0 Å². The number of hydrogen-bond donors (Lipinski definition) is 1. The smallest absolute Gasteiger partial charge is 0.224 e. The number of hydrogen-bond acceptors (Lipinski definition) is 2. The van der Waals surface area contributed by atoms with Crippen molar-refractivity contribution >= 4 is 5.91 Å². The molecule has 0 heterocycles. The Labute approximate surface area is 132 Å². The van der Waals surface area contributed by atoms with E-state index in [1.165, 1.54) is 38.5 Å². The first-order valence-corrected chi connectivity index (χ1v) is 8.58. The molecule has 1 amide bonds. The molecule has 5 rings (SSSR count). The van der Waals surface area contributed by atoms with Crippen LogP contribution in [0.4, 0.5) is 0 Å². The number of carbonyl (C=O) groups excluding carboxylic acids is 1. The Balaban J connectivity index is 1.43. The fraction of sp³-hybridized carbons (Fsp3) is 0.632. The van der Waals surface area contributed by atoms with Crippen molar-refractivity contribution in [3.8, 4) is 5.75 Å². The number of amides is 1. The molecule has 4 fully saturated rings. The van der Waals surface area contributed by atoms with Crippen molar-refractivity contribution in [1.82, 2.24) is 5.32 Å². The maximum atomic E-state index is 12.5. The SMILES string of the molecule is COc1cccc(CC(=O)NC23CC4CC(CC(C4)C2)C3)c1. The lowest BCUT2D eigenvalue weighted by atomic mass is 9.53. The average molecular weight is 299 g/mol. The normalized spacial score (nSPS) is 35.4. The molecule has 118 valence electrons. The molecule has 1 aromatic rings. The summed E-state index contributed by atoms with van der Waals surface area (Å²) in [6, 6.07) is 7.83. The summed E-state index contributed by atoms with van der Waals surface area (Å²) in [5, 5.41) is 3.43. The van der Waals surface area contributed by atoms with Gasteiger partial charge in [-0.1, -0.05) is 12.1 Å². The molecule has 4 aliphatic rings. The van der Waals surface area contributed by atoms with E-state index in [-0.39, 0.29) is 11.4 Å². The number of methoxy groups -OCH3 is 1. The van der Waals surface area contributed by atoms with Gasteiger partial charge in [0.05, 0.1) is 13.5 Å². The van der Waals surface area contributed by atoms with Crippen LogP contribution in [0.15, 0.2) is 24.3 Å². The standard InChI is InChI=1S/C19H25NO2/c1-22-17-4-2-3-13(8-17)9-18(21)20-19-10-14-5-15(11-19)7-16(6-14)12-19/h2-4,8,14-16H,5-7,9-12H2,1H3,(H,20,21). The predicted octanol–water partition coefficient (Wildman–Crippen LogP) is 3.32. The second-order valence-electron chi connectivity index (χ2n) is 7.77. The largest absolute Gasteiger partial charge is 0.497 e. The fourth-order valence-corrected chi connectivity index (χ4v) is 5.57. The van der Waals surface area contributed by atoms with E-state index >= 15 is 0 Å². The van der Waals surface area contributed by atoms with Gasteiger partial charge in [0, 0.05) is 5.54 Å². The molecule has 0 unspecified atom stereocenters. The summed E-state index contributed by atoms with van der Waals surface area (Å²) in [7, 11) is 1.66. The van der Waals surface area contributed by atoms with Gasteiger partial charge < -0.3 is 10.1 Å². The van der Waals surface area contributed by atoms with Crippen LogP contribution in [0.5, 0.6) is 5.75 Å². The van der Waals surface area contributed by atoms with Crippen molar-refractivity contribution in [1.29, 1.82) is 0 Å². The van der Waals surface area contributed by atoms with Crippen molar-refractivity contribution in [2.75, 3.05) is 7.11 Å². The topological polar surface area (TPSA) is 38.3 Å². The Kier molecular flexibility index (Phi) is 3.39. The quantitative estimate of drug-likeness (QED) is 0.926. The molecular weight excluding hydrogens is 274 g/mol. The molecule has 22 heavy (non-hydrogen) atoms. The van der Waals surface area contributed by atoms with E-state index in [9.17, 15) is 4.79 Å². The highest BCUT2D eigenvalue weighted by Gasteiger charge is 2.51. The van der Waals surface area contributed by atoms with Gasteiger partial charge in [-0.25, -0.2) is 0 Å². The van der Waals surface area contributed by atoms with Crippen LogP contribution in [0.3, 0.4) is 0 Å². The lowest BCUT2D eigenvalue weighted by molar-refractivity contribution is -0.126. The van der Waals surface area contributed by atoms with Gasteiger partial charge in [-0.05, 0) is 74.0 Å². The van der Waals surface area contributed by atoms with E-state index in [0.717, 1.165) is 29.1 Å². The number of rotatable bonds is 4. The third-order valence-electron chi connectivity index (χ3n) is 5.94. The molecule has 3 nitrogen and oxygen atoms in total. The Morgan fingerprint density at radius 1 is 1.18 bits per heavy atom. The van der Waals surface area contributed by atoms with Gasteiger partial charge in [-0.3, -0.25) is 4.79 Å². The molecular formula is C19H25NO2. The fourth-order valence-electron chi connectivity index (χ4n) is 5.57. The van der Waals surface area contributed by atoms with Gasteiger partial charge in [0.2, 0.25) is 5.91 Å². The van der Waals surface area contributed by atoms with E-state index < -0.39 is 0 Å². The summed E-state index contributed by atoms with van der Waals surface area (Å²) in [6.07, 6.45) is 8.31. The van der Waals surface area contributed by atoms with Gasteiger partial charge in [0.25, 0.3) is 0 Å². The highest BCUT2D eigenvalue weighted by molar-refractivity contribution is 5.79. The van der Waals surface area contributed by atoms with Crippen LogP contribution in [-0.4, -0.2) is 18.6 Å². The molecule has 4 aliphatic carbocycles. The lowest BCUT2D eigenvalue weighted by Gasteiger charge is -2.56. The molecule has 3 heteroatoms. The number of benzene rings is 1. The first-order chi connectivity index (χ1) is 10.6. The molecule has 1 N–H and O–H groups in total. The van der Waals surface area contributed by atoms with Gasteiger partial charge in [0.1, 0.15) is 5.75 Å². The molecule has 0 saturated heterocycles. The minimum Gasteiger partial charge on any atom is -0.497 e. The second kappa shape index (κ2) is 5.29. The summed E-state index contributed by atoms with van der Waals surface area (Å²) in [5.41, 5.74) is 1.15. The first kappa shape index (κ1) is 14.1. The van der Waals surface area contributed by atoms with Crippen LogP contribution >= 0.6 is 0 Å². The maximum absolute atomic E-state index is 12.5. The van der Waals surface area contributed by atoms with Crippen LogP contribution in [0.25, 0.3) is 0 Å². The van der Waals surface area contributed by atoms with Crippen LogP contribution in [0.1, 0.15) is 44.1 Å². The molecule has 0 aliphatic heterocycles. The Bertz CT molecular complexity index is 545. The summed E-state index contributed by atoms with van der Waals surface area (Å²) in [4.78, 5) is 12.5. The summed E-state index contributed by atoms with van der Waals surface area (Å²) >= 11 is 0. The zero-order chi connectivity index (χ0) is 15.2. The lowest BCUT2D eigenvalue weighted by Crippen LogP contribution is -2.60. The highest BCUT2D eigenvalue weighted by Crippen LogP contribution is 2.55. The second-order valence-corrected chi connectivity index (χ2v) is 7.77. The molecule has 0 atom stereocenters. The van der Waals surface area contributed by atoms with E-state index in [4.69, 9.17) is 4.74 Å². The molecule has 0 aromatic heterocycles. The summed E-state index contributed by atoms with van der Waals surface area (Å²) in [6.45, 7) is 0. The van der Waals surface area contributed by atoms with Crippen molar-refractivity contribution in [2.45, 2.75) is 50.5 Å². The number of nitrogens with one attached hydrogen (secondary N) is 1. The van der Waals surface area contributed by atoms with Crippen molar-refractivity contribution in [3.05, 3.63) is 29.8 Å². The van der Waals surface area contributed by atoms with Crippen LogP contribution in [0, 0.1) is 17.8 Å². The Morgan fingerprint density at radius 2 is 1.82 bits per heavy atom. The molecule has 4 bridgehead atoms. The maximum Gasteiger partial charge on any atom is 0.224 e. The van der Waals surface area contributed by atoms with E-state index in [1.54, 1.807) is 7.11 Å². The van der Waals surface area contributed by atoms with E-state index in [0.29, 0.717) is 6.42 Å². The highest BCUT2D eigenvalue weighted by atomic mass is 16.5. The van der Waals surface area contributed by atoms with Crippen molar-refractivity contribution in [3.63, 3.8) is 0 Å². The van der Waals surface area contributed by atoms with Gasteiger partial charge in [-0.2, -0.15) is 0 Å². The van der Waals surface area contributed by atoms with Gasteiger partial charge in [0.15, 0.2) is 0 Å². The zero-order valence-corrected chi connectivity index (χ0v) is 13.3.